The first kappa shape index (κ1) is 15.0. The van der Waals surface area contributed by atoms with Crippen molar-refractivity contribution in [3.8, 4) is 0 Å². The fraction of sp³-hybridized carbons (Fsp3) is 0.533. The van der Waals surface area contributed by atoms with Crippen LogP contribution in [0.2, 0.25) is 0 Å². The number of hydrogen-bond acceptors (Lipinski definition) is 2. The molecule has 1 aliphatic rings. The van der Waals surface area contributed by atoms with Crippen LogP contribution in [-0.2, 0) is 11.3 Å². The number of hydrogen-bond donors (Lipinski definition) is 0. The largest absolute Gasteiger partial charge is 0.449 e. The highest BCUT2D eigenvalue weighted by Crippen LogP contribution is 2.26. The van der Waals surface area contributed by atoms with E-state index in [1.54, 1.807) is 0 Å². The second-order valence-electron chi connectivity index (χ2n) is 5.33. The second kappa shape index (κ2) is 6.39. The molecule has 0 aromatic heterocycles. The van der Waals surface area contributed by atoms with Crippen molar-refractivity contribution >= 4 is 5.78 Å². The lowest BCUT2D eigenvalue weighted by atomic mass is 9.91. The van der Waals surface area contributed by atoms with Gasteiger partial charge in [-0.05, 0) is 37.4 Å². The zero-order valence-corrected chi connectivity index (χ0v) is 11.2. The Hall–Kier alpha value is -1.36. The van der Waals surface area contributed by atoms with Crippen LogP contribution in [0.1, 0.15) is 24.8 Å². The summed E-state index contributed by atoms with van der Waals surface area (Å²) < 4.78 is 36.6. The molecule has 0 N–H and O–H groups in total. The Balaban J connectivity index is 1.77. The minimum absolute atomic E-state index is 0.129. The summed E-state index contributed by atoms with van der Waals surface area (Å²) in [4.78, 5) is 13.2. The quantitative estimate of drug-likeness (QED) is 0.845. The third-order valence-corrected chi connectivity index (χ3v) is 3.75. The van der Waals surface area contributed by atoms with Gasteiger partial charge in [0.25, 0.3) is 0 Å². The Morgan fingerprint density at radius 3 is 2.30 bits per heavy atom. The van der Waals surface area contributed by atoms with Gasteiger partial charge in [-0.2, -0.15) is 13.2 Å². The lowest BCUT2D eigenvalue weighted by molar-refractivity contribution is -0.172. The molecular formula is C15H18F3NO. The highest BCUT2D eigenvalue weighted by molar-refractivity contribution is 5.84. The van der Waals surface area contributed by atoms with Gasteiger partial charge < -0.3 is 0 Å². The first-order valence-corrected chi connectivity index (χ1v) is 6.81. The van der Waals surface area contributed by atoms with Crippen LogP contribution >= 0.6 is 0 Å². The van der Waals surface area contributed by atoms with Gasteiger partial charge in [-0.15, -0.1) is 0 Å². The SMILES string of the molecule is O=C(CC1CCN(Cc2ccccc2)CC1)C(F)(F)F. The van der Waals surface area contributed by atoms with Gasteiger partial charge in [0.1, 0.15) is 0 Å². The number of nitrogens with zero attached hydrogens (tertiary/aromatic N) is 1. The van der Waals surface area contributed by atoms with Crippen LogP contribution < -0.4 is 0 Å². The molecule has 20 heavy (non-hydrogen) atoms. The topological polar surface area (TPSA) is 20.3 Å². The Kier molecular flexibility index (Phi) is 4.81. The molecular weight excluding hydrogens is 267 g/mol. The number of Topliss-reactive ketones (excluding diaryl/α,β-unsaturated/α-hetero) is 1. The Bertz CT molecular complexity index is 436. The van der Waals surface area contributed by atoms with E-state index in [-0.39, 0.29) is 12.3 Å². The first-order valence-electron chi connectivity index (χ1n) is 6.81. The van der Waals surface area contributed by atoms with Crippen LogP contribution in [0.5, 0.6) is 0 Å². The molecule has 1 saturated heterocycles. The van der Waals surface area contributed by atoms with Crippen LogP contribution in [0, 0.1) is 5.92 Å². The molecule has 1 aromatic rings. The third kappa shape index (κ3) is 4.34. The molecule has 1 heterocycles. The summed E-state index contributed by atoms with van der Waals surface area (Å²) in [6.45, 7) is 2.33. The van der Waals surface area contributed by atoms with Crippen molar-refractivity contribution in [2.75, 3.05) is 13.1 Å². The monoisotopic (exact) mass is 285 g/mol. The van der Waals surface area contributed by atoms with Crippen molar-refractivity contribution < 1.29 is 18.0 Å². The number of ketones is 1. The predicted molar refractivity (Wildman–Crippen MR) is 70.1 cm³/mol. The van der Waals surface area contributed by atoms with Gasteiger partial charge in [-0.25, -0.2) is 0 Å². The van der Waals surface area contributed by atoms with Crippen LogP contribution in [0.3, 0.4) is 0 Å². The number of likely N-dealkylation sites (tertiary alicyclic amines) is 1. The smallest absolute Gasteiger partial charge is 0.299 e. The maximum absolute atomic E-state index is 12.2. The lowest BCUT2D eigenvalue weighted by Gasteiger charge is -2.31. The maximum Gasteiger partial charge on any atom is 0.449 e. The van der Waals surface area contributed by atoms with Gasteiger partial charge >= 0.3 is 6.18 Å². The fourth-order valence-electron chi connectivity index (χ4n) is 2.57. The molecule has 0 radical (unpaired) electrons. The molecule has 5 heteroatoms. The number of piperidine rings is 1. The molecule has 1 fully saturated rings. The van der Waals surface area contributed by atoms with Crippen LogP contribution in [-0.4, -0.2) is 29.9 Å². The van der Waals surface area contributed by atoms with Gasteiger partial charge in [0.2, 0.25) is 5.78 Å². The van der Waals surface area contributed by atoms with Crippen LogP contribution in [0.15, 0.2) is 30.3 Å². The highest BCUT2D eigenvalue weighted by Gasteiger charge is 2.39. The van der Waals surface area contributed by atoms with Gasteiger partial charge in [-0.1, -0.05) is 30.3 Å². The van der Waals surface area contributed by atoms with Crippen molar-refractivity contribution in [3.05, 3.63) is 35.9 Å². The van der Waals surface area contributed by atoms with Crippen molar-refractivity contribution in [1.82, 2.24) is 4.90 Å². The van der Waals surface area contributed by atoms with Crippen molar-refractivity contribution in [2.45, 2.75) is 32.0 Å². The van der Waals surface area contributed by atoms with Gasteiger partial charge in [0.05, 0.1) is 0 Å². The summed E-state index contributed by atoms with van der Waals surface area (Å²) in [5.74, 6) is -1.71. The van der Waals surface area contributed by atoms with Crippen LogP contribution in [0.25, 0.3) is 0 Å². The summed E-state index contributed by atoms with van der Waals surface area (Å²) in [6, 6.07) is 9.99. The van der Waals surface area contributed by atoms with E-state index < -0.39 is 12.0 Å². The van der Waals surface area contributed by atoms with E-state index in [1.807, 2.05) is 30.3 Å². The first-order chi connectivity index (χ1) is 9.45. The van der Waals surface area contributed by atoms with E-state index in [1.165, 1.54) is 5.56 Å². The average Bonchev–Trinajstić information content (AvgIpc) is 2.41. The van der Waals surface area contributed by atoms with Crippen molar-refractivity contribution in [1.29, 1.82) is 0 Å². The molecule has 2 nitrogen and oxygen atoms in total. The van der Waals surface area contributed by atoms with E-state index in [4.69, 9.17) is 0 Å². The molecule has 1 aromatic carbocycles. The van der Waals surface area contributed by atoms with Crippen molar-refractivity contribution in [2.24, 2.45) is 5.92 Å². The molecule has 0 spiro atoms. The Morgan fingerprint density at radius 2 is 1.75 bits per heavy atom. The zero-order valence-electron chi connectivity index (χ0n) is 11.2. The molecule has 2 rings (SSSR count). The molecule has 1 aliphatic heterocycles. The van der Waals surface area contributed by atoms with E-state index in [2.05, 4.69) is 4.90 Å². The van der Waals surface area contributed by atoms with Gasteiger partial charge in [0, 0.05) is 13.0 Å². The third-order valence-electron chi connectivity index (χ3n) is 3.75. The molecule has 110 valence electrons. The zero-order chi connectivity index (χ0) is 14.6. The average molecular weight is 285 g/mol. The summed E-state index contributed by atoms with van der Waals surface area (Å²) in [5, 5.41) is 0. The molecule has 0 atom stereocenters. The van der Waals surface area contributed by atoms with Crippen LogP contribution in [0.4, 0.5) is 13.2 Å². The summed E-state index contributed by atoms with van der Waals surface area (Å²) in [7, 11) is 0. The number of carbonyl (C=O) groups is 1. The molecule has 0 unspecified atom stereocenters. The number of rotatable bonds is 4. The second-order valence-corrected chi connectivity index (χ2v) is 5.33. The predicted octanol–water partition coefficient (Wildman–Crippen LogP) is 3.42. The maximum atomic E-state index is 12.2. The molecule has 0 saturated carbocycles. The number of benzene rings is 1. The van der Waals surface area contributed by atoms with E-state index in [9.17, 15) is 18.0 Å². The van der Waals surface area contributed by atoms with E-state index >= 15 is 0 Å². The van der Waals surface area contributed by atoms with Gasteiger partial charge in [-0.3, -0.25) is 9.69 Å². The Morgan fingerprint density at radius 1 is 1.15 bits per heavy atom. The number of alkyl halides is 3. The van der Waals surface area contributed by atoms with Gasteiger partial charge in [0.15, 0.2) is 0 Å². The minimum Gasteiger partial charge on any atom is -0.299 e. The standard InChI is InChI=1S/C15H18F3NO/c16-15(17,18)14(20)10-12-6-8-19(9-7-12)11-13-4-2-1-3-5-13/h1-5,12H,6-11H2. The number of halogens is 3. The fourth-order valence-corrected chi connectivity index (χ4v) is 2.57. The summed E-state index contributed by atoms with van der Waals surface area (Å²) >= 11 is 0. The Labute approximate surface area is 116 Å². The molecule has 0 amide bonds. The number of carbonyl (C=O) groups excluding carboxylic acids is 1. The molecule has 0 aliphatic carbocycles. The summed E-state index contributed by atoms with van der Waals surface area (Å²) in [5.41, 5.74) is 1.21. The normalized spacial score (nSPS) is 18.1. The highest BCUT2D eigenvalue weighted by atomic mass is 19.4. The van der Waals surface area contributed by atoms with E-state index in [0.29, 0.717) is 12.8 Å². The summed E-state index contributed by atoms with van der Waals surface area (Å²) in [6.07, 6.45) is -3.72. The minimum atomic E-state index is -4.68. The van der Waals surface area contributed by atoms with E-state index in [0.717, 1.165) is 19.6 Å². The lowest BCUT2D eigenvalue weighted by Crippen LogP contribution is -2.35. The van der Waals surface area contributed by atoms with Crippen molar-refractivity contribution in [3.63, 3.8) is 0 Å². The molecule has 0 bridgehead atoms.